The molecule has 0 aliphatic carbocycles. The molecule has 0 saturated carbocycles. The van der Waals surface area contributed by atoms with Crippen molar-refractivity contribution in [2.24, 2.45) is 5.18 Å². The maximum Gasteiger partial charge on any atom is 1.00 e. The molecule has 88 valence electrons. The van der Waals surface area contributed by atoms with E-state index in [1.165, 1.54) is 18.2 Å². The van der Waals surface area contributed by atoms with E-state index < -0.39 is 15.0 Å². The van der Waals surface area contributed by atoms with Crippen LogP contribution in [0, 0.1) is 4.91 Å². The molecular formula is C10H6NNaO5S. The Morgan fingerprint density at radius 3 is 2.39 bits per heavy atom. The molecule has 8 heteroatoms. The van der Waals surface area contributed by atoms with E-state index in [0.29, 0.717) is 5.39 Å². The number of benzene rings is 2. The zero-order chi connectivity index (χ0) is 12.6. The Morgan fingerprint density at radius 2 is 1.83 bits per heavy atom. The first-order valence-corrected chi connectivity index (χ1v) is 5.89. The number of rotatable bonds is 2. The van der Waals surface area contributed by atoms with Gasteiger partial charge in [-0.3, -0.25) is 0 Å². The first-order valence-electron chi connectivity index (χ1n) is 4.48. The van der Waals surface area contributed by atoms with Gasteiger partial charge in [0.1, 0.15) is 15.9 Å². The van der Waals surface area contributed by atoms with Crippen molar-refractivity contribution in [3.8, 4) is 5.75 Å². The summed E-state index contributed by atoms with van der Waals surface area (Å²) < 4.78 is 32.4. The second-order valence-electron chi connectivity index (χ2n) is 3.36. The third-order valence-corrected chi connectivity index (χ3v) is 3.15. The van der Waals surface area contributed by atoms with Crippen molar-refractivity contribution in [3.63, 3.8) is 0 Å². The Bertz CT molecular complexity index is 714. The van der Waals surface area contributed by atoms with E-state index in [0.717, 1.165) is 12.1 Å². The van der Waals surface area contributed by atoms with Crippen molar-refractivity contribution in [1.82, 2.24) is 0 Å². The van der Waals surface area contributed by atoms with Gasteiger partial charge in [0.25, 0.3) is 0 Å². The van der Waals surface area contributed by atoms with Gasteiger partial charge in [0.15, 0.2) is 5.69 Å². The monoisotopic (exact) mass is 275 g/mol. The minimum Gasteiger partial charge on any atom is -0.744 e. The standard InChI is InChI=1S/C10H7NO5S.Na/c12-9-4-1-6-5-7(17(14,15)16)2-3-8(6)10(9)11-13;/h1-5,12H,(H,14,15,16);/q;+1/p-1. The molecule has 0 spiro atoms. The van der Waals surface area contributed by atoms with Crippen LogP contribution in [-0.2, 0) is 10.1 Å². The van der Waals surface area contributed by atoms with Crippen molar-refractivity contribution in [2.75, 3.05) is 0 Å². The topological polar surface area (TPSA) is 107 Å². The van der Waals surface area contributed by atoms with E-state index in [4.69, 9.17) is 0 Å². The van der Waals surface area contributed by atoms with Crippen LogP contribution in [0.2, 0.25) is 0 Å². The first-order chi connectivity index (χ1) is 7.93. The average molecular weight is 275 g/mol. The van der Waals surface area contributed by atoms with E-state index in [1.807, 2.05) is 0 Å². The molecule has 0 aliphatic rings. The van der Waals surface area contributed by atoms with Gasteiger partial charge in [-0.25, -0.2) is 8.42 Å². The smallest absolute Gasteiger partial charge is 0.744 e. The fourth-order valence-electron chi connectivity index (χ4n) is 1.53. The van der Waals surface area contributed by atoms with Crippen LogP contribution in [0.5, 0.6) is 5.75 Å². The molecule has 2 rings (SSSR count). The number of nitroso groups, excluding NO2 is 1. The minimum absolute atomic E-state index is 0. The predicted molar refractivity (Wildman–Crippen MR) is 59.0 cm³/mol. The zero-order valence-corrected chi connectivity index (χ0v) is 12.1. The van der Waals surface area contributed by atoms with Crippen LogP contribution in [0.1, 0.15) is 0 Å². The van der Waals surface area contributed by atoms with E-state index in [-0.39, 0.29) is 46.4 Å². The van der Waals surface area contributed by atoms with Crippen LogP contribution < -0.4 is 29.6 Å². The molecule has 0 unspecified atom stereocenters. The number of phenolic OH excluding ortho intramolecular Hbond substituents is 1. The van der Waals surface area contributed by atoms with E-state index >= 15 is 0 Å². The van der Waals surface area contributed by atoms with Gasteiger partial charge in [-0.05, 0) is 28.8 Å². The van der Waals surface area contributed by atoms with Crippen molar-refractivity contribution in [3.05, 3.63) is 35.2 Å². The summed E-state index contributed by atoms with van der Waals surface area (Å²) in [5.41, 5.74) is -0.183. The van der Waals surface area contributed by atoms with Crippen LogP contribution in [0.4, 0.5) is 5.69 Å². The number of nitrogens with zero attached hydrogens (tertiary/aromatic N) is 1. The van der Waals surface area contributed by atoms with Gasteiger partial charge in [-0.1, -0.05) is 12.1 Å². The molecule has 6 nitrogen and oxygen atoms in total. The van der Waals surface area contributed by atoms with Crippen molar-refractivity contribution in [1.29, 1.82) is 0 Å². The van der Waals surface area contributed by atoms with Crippen LogP contribution in [0.3, 0.4) is 0 Å². The number of aromatic hydroxyl groups is 1. The maximum absolute atomic E-state index is 10.8. The SMILES string of the molecule is O=Nc1c(O)ccc2cc(S(=O)(=O)[O-])ccc12.[Na+]. The normalized spacial score (nSPS) is 10.9. The summed E-state index contributed by atoms with van der Waals surface area (Å²) in [6.07, 6.45) is 0. The molecule has 18 heavy (non-hydrogen) atoms. The molecule has 0 bridgehead atoms. The zero-order valence-electron chi connectivity index (χ0n) is 9.32. The molecule has 0 atom stereocenters. The summed E-state index contributed by atoms with van der Waals surface area (Å²) in [5, 5.41) is 12.7. The molecule has 0 aromatic heterocycles. The third-order valence-electron chi connectivity index (χ3n) is 2.32. The first kappa shape index (κ1) is 15.1. The summed E-state index contributed by atoms with van der Waals surface area (Å²) in [7, 11) is -4.55. The largest absolute Gasteiger partial charge is 1.00 e. The van der Waals surface area contributed by atoms with Gasteiger partial charge in [-0.15, -0.1) is 4.91 Å². The van der Waals surface area contributed by atoms with E-state index in [1.54, 1.807) is 0 Å². The third kappa shape index (κ3) is 2.70. The van der Waals surface area contributed by atoms with Gasteiger partial charge < -0.3 is 9.66 Å². The van der Waals surface area contributed by atoms with Crippen molar-refractivity contribution >= 4 is 26.6 Å². The molecule has 2 aromatic carbocycles. The molecule has 0 heterocycles. The molecule has 0 amide bonds. The summed E-state index contributed by atoms with van der Waals surface area (Å²) in [5.74, 6) is -0.301. The number of hydrogen-bond donors (Lipinski definition) is 1. The van der Waals surface area contributed by atoms with Gasteiger partial charge in [-0.2, -0.15) is 0 Å². The number of fused-ring (bicyclic) bond motifs is 1. The fraction of sp³-hybridized carbons (Fsp3) is 0. The molecule has 2 aromatic rings. The van der Waals surface area contributed by atoms with Crippen molar-refractivity contribution in [2.45, 2.75) is 4.90 Å². The van der Waals surface area contributed by atoms with E-state index in [9.17, 15) is 23.0 Å². The molecule has 0 fully saturated rings. The van der Waals surface area contributed by atoms with Crippen LogP contribution in [-0.4, -0.2) is 18.1 Å². The van der Waals surface area contributed by atoms with Crippen LogP contribution in [0.15, 0.2) is 40.4 Å². The second-order valence-corrected chi connectivity index (χ2v) is 4.74. The summed E-state index contributed by atoms with van der Waals surface area (Å²) in [4.78, 5) is 10.1. The van der Waals surface area contributed by atoms with Gasteiger partial charge in [0.2, 0.25) is 0 Å². The fourth-order valence-corrected chi connectivity index (χ4v) is 2.04. The second kappa shape index (κ2) is 5.33. The molecular weight excluding hydrogens is 269 g/mol. The Hall–Kier alpha value is -0.990. The van der Waals surface area contributed by atoms with E-state index in [2.05, 4.69) is 5.18 Å². The van der Waals surface area contributed by atoms with Crippen LogP contribution in [0.25, 0.3) is 10.8 Å². The van der Waals surface area contributed by atoms with Gasteiger partial charge in [0, 0.05) is 5.39 Å². The van der Waals surface area contributed by atoms with Crippen molar-refractivity contribution < 1.29 is 47.6 Å². The summed E-state index contributed by atoms with van der Waals surface area (Å²) >= 11 is 0. The maximum atomic E-state index is 10.8. The molecule has 0 aliphatic heterocycles. The molecule has 1 N–H and O–H groups in total. The summed E-state index contributed by atoms with van der Waals surface area (Å²) in [6.45, 7) is 0. The number of phenols is 1. The van der Waals surface area contributed by atoms with Gasteiger partial charge in [0.05, 0.1) is 4.90 Å². The quantitative estimate of drug-likeness (QED) is 0.423. The predicted octanol–water partition coefficient (Wildman–Crippen LogP) is -1.15. The Balaban J connectivity index is 0.00000162. The average Bonchev–Trinajstić information content (AvgIpc) is 2.27. The Labute approximate surface area is 125 Å². The van der Waals surface area contributed by atoms with Crippen LogP contribution >= 0.6 is 0 Å². The van der Waals surface area contributed by atoms with Gasteiger partial charge >= 0.3 is 29.6 Å². The molecule has 0 radical (unpaired) electrons. The minimum atomic E-state index is -4.55. The Kier molecular flexibility index (Phi) is 4.46. The molecule has 0 saturated heterocycles. The summed E-state index contributed by atoms with van der Waals surface area (Å²) in [6, 6.07) is 6.06. The number of hydrogen-bond acceptors (Lipinski definition) is 6. The Morgan fingerprint density at radius 1 is 1.17 bits per heavy atom.